The molecule has 1 aliphatic rings. The summed E-state index contributed by atoms with van der Waals surface area (Å²) in [7, 11) is -2.02. The minimum Gasteiger partial charge on any atom is -0.445 e. The van der Waals surface area contributed by atoms with Crippen molar-refractivity contribution in [3.63, 3.8) is 0 Å². The highest BCUT2D eigenvalue weighted by atomic mass is 32.2. The predicted octanol–water partition coefficient (Wildman–Crippen LogP) is 2.76. The molecule has 0 radical (unpaired) electrons. The Morgan fingerprint density at radius 1 is 1.27 bits per heavy atom. The standard InChI is InChI=1S/C16H24N2O3S/c1-22(2,20)17-12-14-8-10-18(11-9-14)16(19)21-13-15-6-4-3-5-7-15/h3-7,14H,8-13H2,1-2H3. The number of carbonyl (C=O) groups excluding carboxylic acids is 1. The number of benzene rings is 1. The fraction of sp³-hybridized carbons (Fsp3) is 0.562. The molecule has 0 saturated carbocycles. The molecule has 0 aromatic heterocycles. The van der Waals surface area contributed by atoms with Gasteiger partial charge in [-0.25, -0.2) is 9.16 Å². The highest BCUT2D eigenvalue weighted by Crippen LogP contribution is 2.19. The summed E-state index contributed by atoms with van der Waals surface area (Å²) in [5.41, 5.74) is 0.991. The van der Waals surface area contributed by atoms with Crippen molar-refractivity contribution in [2.75, 3.05) is 32.1 Å². The Balaban J connectivity index is 1.74. The molecule has 6 heteroatoms. The van der Waals surface area contributed by atoms with Gasteiger partial charge < -0.3 is 9.64 Å². The second kappa shape index (κ2) is 7.63. The van der Waals surface area contributed by atoms with Crippen LogP contribution in [0.15, 0.2) is 34.7 Å². The van der Waals surface area contributed by atoms with Gasteiger partial charge in [-0.05, 0) is 24.3 Å². The number of nitrogens with zero attached hydrogens (tertiary/aromatic N) is 2. The lowest BCUT2D eigenvalue weighted by Crippen LogP contribution is -2.39. The second-order valence-corrected chi connectivity index (χ2v) is 8.58. The molecule has 122 valence electrons. The molecule has 0 atom stereocenters. The summed E-state index contributed by atoms with van der Waals surface area (Å²) in [6.45, 7) is 2.30. The van der Waals surface area contributed by atoms with Crippen LogP contribution in [0.25, 0.3) is 0 Å². The van der Waals surface area contributed by atoms with Gasteiger partial charge in [-0.15, -0.1) is 0 Å². The van der Waals surface area contributed by atoms with Crippen molar-refractivity contribution in [3.8, 4) is 0 Å². The van der Waals surface area contributed by atoms with Gasteiger partial charge in [0.25, 0.3) is 0 Å². The van der Waals surface area contributed by atoms with E-state index in [2.05, 4.69) is 4.36 Å². The number of hydrogen-bond donors (Lipinski definition) is 0. The average Bonchev–Trinajstić information content (AvgIpc) is 2.51. The third kappa shape index (κ3) is 5.67. The summed E-state index contributed by atoms with van der Waals surface area (Å²) < 4.78 is 21.1. The van der Waals surface area contributed by atoms with Gasteiger partial charge in [-0.1, -0.05) is 30.3 Å². The number of likely N-dealkylation sites (tertiary alicyclic amines) is 1. The lowest BCUT2D eigenvalue weighted by molar-refractivity contribution is 0.0830. The van der Waals surface area contributed by atoms with Gasteiger partial charge in [0, 0.05) is 35.3 Å². The van der Waals surface area contributed by atoms with Gasteiger partial charge in [0.15, 0.2) is 0 Å². The normalized spacial score (nSPS) is 16.4. The third-order valence-corrected chi connectivity index (χ3v) is 4.49. The summed E-state index contributed by atoms with van der Waals surface area (Å²) in [5, 5.41) is 0. The van der Waals surface area contributed by atoms with E-state index in [4.69, 9.17) is 4.74 Å². The molecule has 2 rings (SSSR count). The minimum atomic E-state index is -2.02. The van der Waals surface area contributed by atoms with Crippen LogP contribution in [0, 0.1) is 5.92 Å². The molecule has 0 spiro atoms. The van der Waals surface area contributed by atoms with Gasteiger partial charge in [0.2, 0.25) is 0 Å². The zero-order valence-electron chi connectivity index (χ0n) is 13.2. The van der Waals surface area contributed by atoms with Crippen molar-refractivity contribution >= 4 is 15.8 Å². The Morgan fingerprint density at radius 3 is 2.50 bits per heavy atom. The molecular weight excluding hydrogens is 300 g/mol. The van der Waals surface area contributed by atoms with E-state index in [0.717, 1.165) is 18.4 Å². The second-order valence-electron chi connectivity index (χ2n) is 5.96. The number of rotatable bonds is 4. The summed E-state index contributed by atoms with van der Waals surface area (Å²) in [6, 6.07) is 9.67. The van der Waals surface area contributed by atoms with Gasteiger partial charge in [-0.3, -0.25) is 4.21 Å². The quantitative estimate of drug-likeness (QED) is 0.855. The molecule has 1 amide bonds. The lowest BCUT2D eigenvalue weighted by atomic mass is 9.97. The monoisotopic (exact) mass is 324 g/mol. The van der Waals surface area contributed by atoms with Crippen molar-refractivity contribution < 1.29 is 13.7 Å². The first kappa shape index (κ1) is 16.8. The Morgan fingerprint density at radius 2 is 1.91 bits per heavy atom. The van der Waals surface area contributed by atoms with Crippen LogP contribution < -0.4 is 0 Å². The van der Waals surface area contributed by atoms with Crippen molar-refractivity contribution in [2.24, 2.45) is 10.3 Å². The first-order chi connectivity index (χ1) is 10.4. The van der Waals surface area contributed by atoms with E-state index in [-0.39, 0.29) is 6.09 Å². The van der Waals surface area contributed by atoms with Crippen LogP contribution in [0.5, 0.6) is 0 Å². The van der Waals surface area contributed by atoms with Gasteiger partial charge >= 0.3 is 6.09 Å². The largest absolute Gasteiger partial charge is 0.445 e. The third-order valence-electron chi connectivity index (χ3n) is 3.72. The maximum Gasteiger partial charge on any atom is 0.410 e. The van der Waals surface area contributed by atoms with E-state index in [0.29, 0.717) is 32.2 Å². The topological polar surface area (TPSA) is 59.0 Å². The summed E-state index contributed by atoms with van der Waals surface area (Å²) in [4.78, 5) is 13.8. The minimum absolute atomic E-state index is 0.256. The SMILES string of the molecule is CS(C)(=O)=NCC1CCN(C(=O)OCc2ccccc2)CC1. The van der Waals surface area contributed by atoms with Crippen molar-refractivity contribution in [1.29, 1.82) is 0 Å². The zero-order valence-corrected chi connectivity index (χ0v) is 14.1. The Hall–Kier alpha value is -1.56. The summed E-state index contributed by atoms with van der Waals surface area (Å²) in [5.74, 6) is 0.416. The molecule has 0 bridgehead atoms. The highest BCUT2D eigenvalue weighted by molar-refractivity contribution is 7.92. The molecule has 0 unspecified atom stereocenters. The Labute approximate surface area is 132 Å². The van der Waals surface area contributed by atoms with E-state index in [1.165, 1.54) is 0 Å². The van der Waals surface area contributed by atoms with Crippen LogP contribution in [0.1, 0.15) is 18.4 Å². The molecule has 1 fully saturated rings. The number of piperidine rings is 1. The smallest absolute Gasteiger partial charge is 0.410 e. The first-order valence-corrected chi connectivity index (χ1v) is 9.86. The molecule has 1 aromatic rings. The van der Waals surface area contributed by atoms with E-state index in [9.17, 15) is 9.00 Å². The maximum atomic E-state index is 12.0. The number of carbonyl (C=O) groups is 1. The predicted molar refractivity (Wildman–Crippen MR) is 88.2 cm³/mol. The van der Waals surface area contributed by atoms with E-state index >= 15 is 0 Å². The first-order valence-electron chi connectivity index (χ1n) is 7.52. The van der Waals surface area contributed by atoms with Crippen molar-refractivity contribution in [1.82, 2.24) is 4.90 Å². The molecule has 0 N–H and O–H groups in total. The van der Waals surface area contributed by atoms with Crippen LogP contribution in [0.2, 0.25) is 0 Å². The summed E-state index contributed by atoms with van der Waals surface area (Å²) in [6.07, 6.45) is 4.83. The van der Waals surface area contributed by atoms with E-state index in [1.54, 1.807) is 17.4 Å². The molecular formula is C16H24N2O3S. The fourth-order valence-corrected chi connectivity index (χ4v) is 2.96. The van der Waals surface area contributed by atoms with E-state index in [1.807, 2.05) is 30.3 Å². The van der Waals surface area contributed by atoms with Gasteiger partial charge in [-0.2, -0.15) is 0 Å². The number of ether oxygens (including phenoxy) is 1. The molecule has 1 aliphatic heterocycles. The molecule has 22 heavy (non-hydrogen) atoms. The fourth-order valence-electron chi connectivity index (χ4n) is 2.39. The van der Waals surface area contributed by atoms with Gasteiger partial charge in [0.05, 0.1) is 6.54 Å². The molecule has 1 heterocycles. The molecule has 0 aliphatic carbocycles. The molecule has 1 saturated heterocycles. The Bertz CT molecular complexity index is 593. The zero-order chi connectivity index (χ0) is 16.0. The van der Waals surface area contributed by atoms with Crippen LogP contribution in [0.4, 0.5) is 4.79 Å². The van der Waals surface area contributed by atoms with Gasteiger partial charge in [0.1, 0.15) is 6.61 Å². The van der Waals surface area contributed by atoms with Crippen LogP contribution in [-0.2, 0) is 21.1 Å². The van der Waals surface area contributed by atoms with Crippen LogP contribution >= 0.6 is 0 Å². The highest BCUT2D eigenvalue weighted by Gasteiger charge is 2.23. The number of amides is 1. The van der Waals surface area contributed by atoms with Crippen LogP contribution in [0.3, 0.4) is 0 Å². The summed E-state index contributed by atoms with van der Waals surface area (Å²) >= 11 is 0. The lowest BCUT2D eigenvalue weighted by Gasteiger charge is -2.30. The average molecular weight is 324 g/mol. The van der Waals surface area contributed by atoms with Crippen LogP contribution in [-0.4, -0.2) is 47.3 Å². The van der Waals surface area contributed by atoms with Crippen molar-refractivity contribution in [3.05, 3.63) is 35.9 Å². The molecule has 5 nitrogen and oxygen atoms in total. The maximum absolute atomic E-state index is 12.0. The van der Waals surface area contributed by atoms with E-state index < -0.39 is 9.73 Å². The number of hydrogen-bond acceptors (Lipinski definition) is 4. The molecule has 1 aromatic carbocycles. The Kier molecular flexibility index (Phi) is 5.83. The van der Waals surface area contributed by atoms with Crippen molar-refractivity contribution in [2.45, 2.75) is 19.4 Å².